The molecule has 0 unspecified atom stereocenters. The maximum atomic E-state index is 12.3. The van der Waals surface area contributed by atoms with Crippen LogP contribution in [-0.4, -0.2) is 36.1 Å². The number of hydrogen-bond acceptors (Lipinski definition) is 4. The Labute approximate surface area is 123 Å². The Morgan fingerprint density at radius 2 is 1.95 bits per heavy atom. The third-order valence-corrected chi connectivity index (χ3v) is 4.05. The minimum atomic E-state index is -0.962. The topological polar surface area (TPSA) is 67.8 Å². The van der Waals surface area contributed by atoms with Crippen LogP contribution in [0.2, 0.25) is 0 Å². The lowest BCUT2D eigenvalue weighted by Gasteiger charge is -2.35. The molecule has 1 spiro atoms. The molecule has 112 valence electrons. The van der Waals surface area contributed by atoms with E-state index in [2.05, 4.69) is 5.32 Å². The highest BCUT2D eigenvalue weighted by Gasteiger charge is 2.49. The van der Waals surface area contributed by atoms with Gasteiger partial charge < -0.3 is 19.9 Å². The van der Waals surface area contributed by atoms with Gasteiger partial charge in [-0.3, -0.25) is 4.79 Å². The Morgan fingerprint density at radius 3 is 2.57 bits per heavy atom. The Kier molecular flexibility index (Phi) is 3.26. The molecule has 2 aliphatic rings. The van der Waals surface area contributed by atoms with E-state index in [4.69, 9.17) is 9.47 Å². The predicted molar refractivity (Wildman–Crippen MR) is 77.7 cm³/mol. The molecule has 1 saturated heterocycles. The molecule has 0 saturated carbocycles. The summed E-state index contributed by atoms with van der Waals surface area (Å²) in [7, 11) is 0. The number of ether oxygens (including phenoxy) is 2. The molecule has 21 heavy (non-hydrogen) atoms. The van der Waals surface area contributed by atoms with Crippen LogP contribution in [0.5, 0.6) is 0 Å². The molecule has 0 atom stereocenters. The van der Waals surface area contributed by atoms with E-state index in [-0.39, 0.29) is 31.2 Å². The summed E-state index contributed by atoms with van der Waals surface area (Å²) >= 11 is 0. The minimum absolute atomic E-state index is 0.00588. The molecule has 0 aromatic heterocycles. The van der Waals surface area contributed by atoms with Crippen LogP contribution in [0.1, 0.15) is 23.6 Å². The lowest BCUT2D eigenvalue weighted by atomic mass is 9.94. The summed E-state index contributed by atoms with van der Waals surface area (Å²) in [6, 6.07) is 5.78. The summed E-state index contributed by atoms with van der Waals surface area (Å²) in [5.41, 5.74) is 2.16. The van der Waals surface area contributed by atoms with E-state index in [1.807, 2.05) is 32.0 Å². The second-order valence-electron chi connectivity index (χ2n) is 5.77. The fraction of sp³-hybridized carbons (Fsp3) is 0.438. The summed E-state index contributed by atoms with van der Waals surface area (Å²) < 4.78 is 10.9. The van der Waals surface area contributed by atoms with Crippen molar-refractivity contribution in [2.24, 2.45) is 0 Å². The zero-order valence-corrected chi connectivity index (χ0v) is 12.4. The van der Waals surface area contributed by atoms with Crippen molar-refractivity contribution < 1.29 is 19.4 Å². The van der Waals surface area contributed by atoms with Crippen molar-refractivity contribution >= 4 is 11.5 Å². The van der Waals surface area contributed by atoms with E-state index in [0.717, 1.165) is 16.7 Å². The average Bonchev–Trinajstić information content (AvgIpc) is 2.66. The molecule has 2 heterocycles. The number of aliphatic hydroxyl groups excluding tert-OH is 1. The molecule has 1 fully saturated rings. The smallest absolute Gasteiger partial charge is 0.256 e. The summed E-state index contributed by atoms with van der Waals surface area (Å²) in [6.45, 7) is 6.12. The highest BCUT2D eigenvalue weighted by atomic mass is 16.7. The molecule has 0 bridgehead atoms. The van der Waals surface area contributed by atoms with Gasteiger partial charge in [-0.1, -0.05) is 23.8 Å². The maximum absolute atomic E-state index is 12.3. The highest BCUT2D eigenvalue weighted by molar-refractivity contribution is 6.23. The van der Waals surface area contributed by atoms with Gasteiger partial charge in [-0.15, -0.1) is 0 Å². The first-order chi connectivity index (χ1) is 9.93. The van der Waals surface area contributed by atoms with Gasteiger partial charge >= 0.3 is 0 Å². The number of aryl methyl sites for hydroxylation is 2. The molecule has 1 aromatic carbocycles. The molecular formula is C16H19NO4. The van der Waals surface area contributed by atoms with Crippen molar-refractivity contribution in [3.63, 3.8) is 0 Å². The number of carbonyl (C=O) groups excluding carboxylic acids is 1. The molecule has 5 heteroatoms. The van der Waals surface area contributed by atoms with Crippen LogP contribution < -0.4 is 5.32 Å². The van der Waals surface area contributed by atoms with Crippen LogP contribution in [0.3, 0.4) is 0 Å². The van der Waals surface area contributed by atoms with Crippen LogP contribution in [0.25, 0.3) is 5.57 Å². The molecule has 1 aromatic rings. The van der Waals surface area contributed by atoms with E-state index in [1.54, 1.807) is 6.92 Å². The number of carbonyl (C=O) groups is 1. The fourth-order valence-electron chi connectivity index (χ4n) is 2.85. The van der Waals surface area contributed by atoms with Crippen LogP contribution in [0.4, 0.5) is 0 Å². The van der Waals surface area contributed by atoms with Crippen LogP contribution >= 0.6 is 0 Å². The summed E-state index contributed by atoms with van der Waals surface area (Å²) in [5.74, 6) is -0.285. The van der Waals surface area contributed by atoms with Gasteiger partial charge in [0.1, 0.15) is 11.3 Å². The number of nitrogens with one attached hydrogen (secondary N) is 1. The van der Waals surface area contributed by atoms with Crippen molar-refractivity contribution in [1.82, 2.24) is 5.32 Å². The lowest BCUT2D eigenvalue weighted by molar-refractivity contribution is -0.199. The van der Waals surface area contributed by atoms with E-state index in [0.29, 0.717) is 5.57 Å². The SMILES string of the molecule is Cc1ccc(C2=C(O)C3(COC(C)OC3)NC2=O)c(C)c1. The van der Waals surface area contributed by atoms with E-state index in [9.17, 15) is 9.90 Å². The number of benzene rings is 1. The van der Waals surface area contributed by atoms with Crippen molar-refractivity contribution in [2.75, 3.05) is 13.2 Å². The van der Waals surface area contributed by atoms with Gasteiger partial charge in [-0.05, 0) is 31.9 Å². The molecule has 1 amide bonds. The summed E-state index contributed by atoms with van der Waals surface area (Å²) in [4.78, 5) is 12.3. The number of hydrogen-bond donors (Lipinski definition) is 2. The van der Waals surface area contributed by atoms with Crippen LogP contribution in [0, 0.1) is 13.8 Å². The summed E-state index contributed by atoms with van der Waals surface area (Å²) in [6.07, 6.45) is -0.328. The second kappa shape index (κ2) is 4.86. The maximum Gasteiger partial charge on any atom is 0.256 e. The molecule has 0 aliphatic carbocycles. The van der Waals surface area contributed by atoms with Crippen molar-refractivity contribution in [3.05, 3.63) is 40.6 Å². The van der Waals surface area contributed by atoms with E-state index >= 15 is 0 Å². The van der Waals surface area contributed by atoms with Crippen LogP contribution in [0.15, 0.2) is 24.0 Å². The Hall–Kier alpha value is -1.85. The van der Waals surface area contributed by atoms with Gasteiger partial charge in [-0.25, -0.2) is 0 Å². The Morgan fingerprint density at radius 1 is 1.29 bits per heavy atom. The molecular weight excluding hydrogens is 270 g/mol. The number of rotatable bonds is 1. The van der Waals surface area contributed by atoms with Gasteiger partial charge in [0.2, 0.25) is 0 Å². The standard InChI is InChI=1S/C16H19NO4/c1-9-4-5-12(10(2)6-9)13-14(18)16(17-15(13)19)7-20-11(3)21-8-16/h4-6,11,18H,7-8H2,1-3H3,(H,17,19). The Balaban J connectivity index is 2.04. The lowest BCUT2D eigenvalue weighted by Crippen LogP contribution is -2.56. The van der Waals surface area contributed by atoms with Gasteiger partial charge in [-0.2, -0.15) is 0 Å². The average molecular weight is 289 g/mol. The molecule has 3 rings (SSSR count). The molecule has 2 N–H and O–H groups in total. The fourth-order valence-corrected chi connectivity index (χ4v) is 2.85. The van der Waals surface area contributed by atoms with Gasteiger partial charge in [0.25, 0.3) is 5.91 Å². The number of aliphatic hydroxyl groups is 1. The first kappa shape index (κ1) is 14.1. The van der Waals surface area contributed by atoms with Crippen molar-refractivity contribution in [3.8, 4) is 0 Å². The second-order valence-corrected chi connectivity index (χ2v) is 5.77. The van der Waals surface area contributed by atoms with Crippen LogP contribution in [-0.2, 0) is 14.3 Å². The monoisotopic (exact) mass is 289 g/mol. The normalized spacial score (nSPS) is 29.1. The van der Waals surface area contributed by atoms with Gasteiger partial charge in [0, 0.05) is 0 Å². The first-order valence-electron chi connectivity index (χ1n) is 7.00. The first-order valence-corrected chi connectivity index (χ1v) is 7.00. The highest BCUT2D eigenvalue weighted by Crippen LogP contribution is 2.35. The quantitative estimate of drug-likeness (QED) is 0.827. The van der Waals surface area contributed by atoms with Crippen molar-refractivity contribution in [2.45, 2.75) is 32.6 Å². The zero-order chi connectivity index (χ0) is 15.2. The number of amides is 1. The zero-order valence-electron chi connectivity index (χ0n) is 12.4. The Bertz CT molecular complexity index is 627. The predicted octanol–water partition coefficient (Wildman–Crippen LogP) is 1.83. The minimum Gasteiger partial charge on any atom is -0.509 e. The molecule has 2 aliphatic heterocycles. The van der Waals surface area contributed by atoms with Crippen molar-refractivity contribution in [1.29, 1.82) is 0 Å². The third-order valence-electron chi connectivity index (χ3n) is 4.05. The molecule has 0 radical (unpaired) electrons. The third kappa shape index (κ3) is 2.22. The van der Waals surface area contributed by atoms with E-state index in [1.165, 1.54) is 0 Å². The molecule has 5 nitrogen and oxygen atoms in total. The van der Waals surface area contributed by atoms with E-state index < -0.39 is 5.54 Å². The summed E-state index contributed by atoms with van der Waals surface area (Å²) in [5, 5.41) is 13.4. The largest absolute Gasteiger partial charge is 0.509 e. The van der Waals surface area contributed by atoms with Gasteiger partial charge in [0.05, 0.1) is 18.8 Å². The van der Waals surface area contributed by atoms with Gasteiger partial charge in [0.15, 0.2) is 6.29 Å².